The minimum Gasteiger partial charge on any atom is -0.507 e. The van der Waals surface area contributed by atoms with Gasteiger partial charge in [0.05, 0.1) is 32.5 Å². The molecule has 0 unspecified atom stereocenters. The lowest BCUT2D eigenvalue weighted by molar-refractivity contribution is -0.277. The van der Waals surface area contributed by atoms with Crippen molar-refractivity contribution in [2.45, 2.75) is 30.7 Å². The SMILES string of the molecule is COc1cc(-c2[o+]c3cc(O)cc(O)c3cc2O[C@@H]2O[C@H](CO)[C@H](O)[C@@H](O)[C@H]2O)cc(OC)c1O. The van der Waals surface area contributed by atoms with Crippen LogP contribution in [0.4, 0.5) is 0 Å². The van der Waals surface area contributed by atoms with Crippen LogP contribution in [0.15, 0.2) is 34.7 Å². The summed E-state index contributed by atoms with van der Waals surface area (Å²) in [7, 11) is 2.66. The third-order valence-electron chi connectivity index (χ3n) is 5.65. The quantitative estimate of drug-likeness (QED) is 0.238. The zero-order valence-corrected chi connectivity index (χ0v) is 18.7. The molecule has 1 aliphatic heterocycles. The van der Waals surface area contributed by atoms with Crippen molar-refractivity contribution in [3.63, 3.8) is 0 Å². The van der Waals surface area contributed by atoms with Crippen molar-refractivity contribution in [1.82, 2.24) is 0 Å². The number of aliphatic hydroxyl groups excluding tert-OH is 4. The lowest BCUT2D eigenvalue weighted by Gasteiger charge is -2.39. The molecule has 2 heterocycles. The number of phenolic OH excluding ortho intramolecular Hbond substituents is 3. The van der Waals surface area contributed by atoms with Crippen LogP contribution in [0.25, 0.3) is 22.3 Å². The lowest BCUT2D eigenvalue weighted by atomic mass is 9.99. The minimum absolute atomic E-state index is 0.0175. The fourth-order valence-corrected chi connectivity index (χ4v) is 3.79. The number of hydrogen-bond donors (Lipinski definition) is 7. The number of ether oxygens (including phenoxy) is 4. The van der Waals surface area contributed by atoms with Crippen molar-refractivity contribution >= 4 is 11.0 Å². The Morgan fingerprint density at radius 2 is 1.51 bits per heavy atom. The normalized spacial score (nSPS) is 24.3. The van der Waals surface area contributed by atoms with Gasteiger partial charge in [0.2, 0.25) is 17.8 Å². The topological polar surface area (TPSA) is 190 Å². The molecule has 0 spiro atoms. The zero-order chi connectivity index (χ0) is 25.4. The van der Waals surface area contributed by atoms with Gasteiger partial charge in [-0.25, -0.2) is 4.42 Å². The Balaban J connectivity index is 1.89. The van der Waals surface area contributed by atoms with E-state index in [9.17, 15) is 35.7 Å². The molecule has 3 aromatic rings. The van der Waals surface area contributed by atoms with Gasteiger partial charge in [0, 0.05) is 24.3 Å². The van der Waals surface area contributed by atoms with Gasteiger partial charge in [0.25, 0.3) is 0 Å². The van der Waals surface area contributed by atoms with Crippen molar-refractivity contribution in [3.05, 3.63) is 30.3 Å². The predicted molar refractivity (Wildman–Crippen MR) is 119 cm³/mol. The minimum atomic E-state index is -1.71. The molecule has 2 aromatic carbocycles. The van der Waals surface area contributed by atoms with Gasteiger partial charge in [-0.3, -0.25) is 0 Å². The van der Waals surface area contributed by atoms with Crippen LogP contribution in [0.3, 0.4) is 0 Å². The third-order valence-corrected chi connectivity index (χ3v) is 5.65. The van der Waals surface area contributed by atoms with Crippen LogP contribution in [-0.4, -0.2) is 87.3 Å². The second-order valence-electron chi connectivity index (χ2n) is 7.86. The van der Waals surface area contributed by atoms with Crippen molar-refractivity contribution in [1.29, 1.82) is 0 Å². The number of fused-ring (bicyclic) bond motifs is 1. The molecule has 1 fully saturated rings. The summed E-state index contributed by atoms with van der Waals surface area (Å²) in [5.74, 6) is -0.928. The van der Waals surface area contributed by atoms with E-state index in [0.29, 0.717) is 0 Å². The van der Waals surface area contributed by atoms with Gasteiger partial charge in [-0.2, -0.15) is 0 Å². The van der Waals surface area contributed by atoms with E-state index in [2.05, 4.69) is 0 Å². The van der Waals surface area contributed by atoms with Gasteiger partial charge in [-0.15, -0.1) is 0 Å². The molecule has 4 rings (SSSR count). The first-order chi connectivity index (χ1) is 16.7. The maximum Gasteiger partial charge on any atom is 0.402 e. The molecule has 0 radical (unpaired) electrons. The van der Waals surface area contributed by atoms with E-state index in [0.717, 1.165) is 6.07 Å². The highest BCUT2D eigenvalue weighted by atomic mass is 16.7. The van der Waals surface area contributed by atoms with Crippen LogP contribution >= 0.6 is 0 Å². The Kier molecular flexibility index (Phi) is 6.74. The molecule has 188 valence electrons. The molecule has 12 nitrogen and oxygen atoms in total. The van der Waals surface area contributed by atoms with E-state index in [-0.39, 0.29) is 56.8 Å². The molecule has 35 heavy (non-hydrogen) atoms. The van der Waals surface area contributed by atoms with Gasteiger partial charge in [0.1, 0.15) is 41.3 Å². The molecule has 5 atom stereocenters. The summed E-state index contributed by atoms with van der Waals surface area (Å²) >= 11 is 0. The highest BCUT2D eigenvalue weighted by Crippen LogP contribution is 2.45. The molecular formula is C23H25O12+. The molecule has 0 bridgehead atoms. The molecule has 1 aromatic heterocycles. The maximum atomic E-state index is 10.4. The third kappa shape index (κ3) is 4.45. The van der Waals surface area contributed by atoms with Crippen molar-refractivity contribution in [2.75, 3.05) is 20.8 Å². The fraction of sp³-hybridized carbons (Fsp3) is 0.348. The van der Waals surface area contributed by atoms with Gasteiger partial charge in [0.15, 0.2) is 11.5 Å². The molecule has 7 N–H and O–H groups in total. The summed E-state index contributed by atoms with van der Waals surface area (Å²) in [6, 6.07) is 6.50. The smallest absolute Gasteiger partial charge is 0.402 e. The van der Waals surface area contributed by atoms with E-state index in [1.807, 2.05) is 0 Å². The summed E-state index contributed by atoms with van der Waals surface area (Å²) in [5, 5.41) is 70.7. The summed E-state index contributed by atoms with van der Waals surface area (Å²) < 4.78 is 27.5. The lowest BCUT2D eigenvalue weighted by Crippen LogP contribution is -2.60. The number of aliphatic hydroxyl groups is 4. The molecule has 1 saturated heterocycles. The number of benzene rings is 2. The van der Waals surface area contributed by atoms with Crippen LogP contribution in [0.2, 0.25) is 0 Å². The van der Waals surface area contributed by atoms with Crippen LogP contribution in [0.1, 0.15) is 0 Å². The summed E-state index contributed by atoms with van der Waals surface area (Å²) in [5.41, 5.74) is 0.325. The number of hydrogen-bond acceptors (Lipinski definition) is 11. The number of phenols is 3. The van der Waals surface area contributed by atoms with E-state index in [1.165, 1.54) is 38.5 Å². The average Bonchev–Trinajstić information content (AvgIpc) is 2.84. The van der Waals surface area contributed by atoms with Gasteiger partial charge < -0.3 is 54.7 Å². The first kappa shape index (κ1) is 24.6. The Labute approximate surface area is 198 Å². The molecule has 0 aliphatic carbocycles. The van der Waals surface area contributed by atoms with E-state index in [1.54, 1.807) is 0 Å². The molecule has 0 saturated carbocycles. The van der Waals surface area contributed by atoms with Crippen LogP contribution in [0.5, 0.6) is 34.5 Å². The van der Waals surface area contributed by atoms with Crippen LogP contribution in [0, 0.1) is 0 Å². The maximum absolute atomic E-state index is 10.4. The van der Waals surface area contributed by atoms with E-state index >= 15 is 0 Å². The van der Waals surface area contributed by atoms with E-state index < -0.39 is 37.3 Å². The van der Waals surface area contributed by atoms with Crippen LogP contribution < -0.4 is 14.2 Å². The zero-order valence-electron chi connectivity index (χ0n) is 18.7. The van der Waals surface area contributed by atoms with Crippen LogP contribution in [-0.2, 0) is 4.74 Å². The molecule has 12 heteroatoms. The molecule has 1 aliphatic rings. The summed E-state index contributed by atoms with van der Waals surface area (Å²) in [6.07, 6.45) is -7.77. The van der Waals surface area contributed by atoms with Gasteiger partial charge in [-0.1, -0.05) is 0 Å². The second-order valence-corrected chi connectivity index (χ2v) is 7.86. The van der Waals surface area contributed by atoms with Crippen molar-refractivity contribution in [2.24, 2.45) is 0 Å². The van der Waals surface area contributed by atoms with Crippen molar-refractivity contribution in [3.8, 4) is 45.8 Å². The van der Waals surface area contributed by atoms with Gasteiger partial charge >= 0.3 is 11.3 Å². The first-order valence-electron chi connectivity index (χ1n) is 10.4. The first-order valence-corrected chi connectivity index (χ1v) is 10.4. The Morgan fingerprint density at radius 3 is 2.11 bits per heavy atom. The van der Waals surface area contributed by atoms with Crippen molar-refractivity contribution < 1.29 is 59.1 Å². The number of rotatable bonds is 6. The predicted octanol–water partition coefficient (Wildman–Crippen LogP) is 0.694. The Bertz CT molecular complexity index is 1200. The number of methoxy groups -OCH3 is 2. The fourth-order valence-electron chi connectivity index (χ4n) is 3.79. The average molecular weight is 493 g/mol. The van der Waals surface area contributed by atoms with E-state index in [4.69, 9.17) is 23.4 Å². The monoisotopic (exact) mass is 493 g/mol. The Morgan fingerprint density at radius 1 is 0.857 bits per heavy atom. The highest BCUT2D eigenvalue weighted by molar-refractivity contribution is 5.88. The second kappa shape index (κ2) is 9.60. The number of aromatic hydroxyl groups is 3. The Hall–Kier alpha value is -3.55. The van der Waals surface area contributed by atoms with Gasteiger partial charge in [-0.05, 0) is 0 Å². The molecule has 0 amide bonds. The molecular weight excluding hydrogens is 468 g/mol. The summed E-state index contributed by atoms with van der Waals surface area (Å²) in [6.45, 7) is -0.661. The highest BCUT2D eigenvalue weighted by Gasteiger charge is 2.45. The standard InChI is InChI=1S/C23H24O12/c1-31-14-3-9(4-15(32-2)18(14)27)22-16(7-11-12(26)5-10(25)6-13(11)33-22)34-23-21(30)20(29)19(28)17(8-24)35-23/h3-7,17,19-21,23-24,28-30H,8H2,1-2H3,(H2-,25,26,27)/p+1/t17-,19+,20-,21-,23-/m1/s1. The summed E-state index contributed by atoms with van der Waals surface area (Å²) in [4.78, 5) is 0. The largest absolute Gasteiger partial charge is 0.507 e.